The zero-order chi connectivity index (χ0) is 24.5. The summed E-state index contributed by atoms with van der Waals surface area (Å²) in [5.74, 6) is -0.357. The molecule has 5 rings (SSSR count). The number of ether oxygens (including phenoxy) is 2. The van der Waals surface area contributed by atoms with E-state index in [4.69, 9.17) is 26.1 Å². The first-order valence-electron chi connectivity index (χ1n) is 11.5. The normalized spacial score (nSPS) is 18.2. The van der Waals surface area contributed by atoms with E-state index in [0.717, 1.165) is 28.6 Å². The highest BCUT2D eigenvalue weighted by Gasteiger charge is 2.30. The lowest BCUT2D eigenvalue weighted by molar-refractivity contribution is -0.384. The fraction of sp³-hybridized carbons (Fsp3) is 0.417. The number of carbonyl (C=O) groups excluding carboxylic acids is 1. The number of thiazole rings is 1. The molecule has 3 heterocycles. The van der Waals surface area contributed by atoms with Gasteiger partial charge in [-0.25, -0.2) is 4.98 Å². The molecule has 0 bridgehead atoms. The van der Waals surface area contributed by atoms with Crippen molar-refractivity contribution in [3.63, 3.8) is 0 Å². The number of nitrogens with zero attached hydrogens (tertiary/aromatic N) is 4. The third kappa shape index (κ3) is 4.84. The van der Waals surface area contributed by atoms with Crippen molar-refractivity contribution in [2.45, 2.75) is 25.9 Å². The van der Waals surface area contributed by atoms with Gasteiger partial charge >= 0.3 is 0 Å². The van der Waals surface area contributed by atoms with E-state index < -0.39 is 4.92 Å². The molecule has 1 unspecified atom stereocenters. The molecule has 2 fully saturated rings. The molecule has 184 valence electrons. The fourth-order valence-electron chi connectivity index (χ4n) is 4.48. The summed E-state index contributed by atoms with van der Waals surface area (Å²) < 4.78 is 12.0. The molecule has 11 heteroatoms. The zero-order valence-electron chi connectivity index (χ0n) is 19.2. The maximum Gasteiger partial charge on any atom is 0.293 e. The van der Waals surface area contributed by atoms with Gasteiger partial charge in [0.2, 0.25) is 0 Å². The summed E-state index contributed by atoms with van der Waals surface area (Å²) in [5.41, 5.74) is 2.33. The van der Waals surface area contributed by atoms with Crippen LogP contribution >= 0.6 is 22.9 Å². The molecule has 0 aliphatic carbocycles. The molecule has 2 aliphatic rings. The Labute approximate surface area is 211 Å². The van der Waals surface area contributed by atoms with Crippen LogP contribution in [0.1, 0.15) is 28.8 Å². The van der Waals surface area contributed by atoms with E-state index in [1.54, 1.807) is 17.0 Å². The number of nitro groups is 1. The van der Waals surface area contributed by atoms with Crippen molar-refractivity contribution in [1.29, 1.82) is 0 Å². The minimum Gasteiger partial charge on any atom is -0.378 e. The van der Waals surface area contributed by atoms with Gasteiger partial charge in [-0.1, -0.05) is 29.0 Å². The van der Waals surface area contributed by atoms with Crippen molar-refractivity contribution in [2.75, 3.05) is 49.3 Å². The van der Waals surface area contributed by atoms with E-state index in [9.17, 15) is 14.9 Å². The van der Waals surface area contributed by atoms with Crippen molar-refractivity contribution in [3.8, 4) is 0 Å². The first-order chi connectivity index (χ1) is 16.9. The Kier molecular flexibility index (Phi) is 6.88. The number of nitro benzene ring substituents is 1. The van der Waals surface area contributed by atoms with Crippen LogP contribution in [0.4, 0.5) is 16.5 Å². The average molecular weight is 517 g/mol. The van der Waals surface area contributed by atoms with Gasteiger partial charge in [-0.2, -0.15) is 0 Å². The number of aromatic nitrogens is 1. The maximum absolute atomic E-state index is 13.8. The molecule has 2 aliphatic heterocycles. The molecule has 9 nitrogen and oxygen atoms in total. The van der Waals surface area contributed by atoms with Crippen molar-refractivity contribution in [1.82, 2.24) is 4.98 Å². The maximum atomic E-state index is 13.8. The van der Waals surface area contributed by atoms with Gasteiger partial charge in [-0.3, -0.25) is 19.8 Å². The monoisotopic (exact) mass is 516 g/mol. The highest BCUT2D eigenvalue weighted by Crippen LogP contribution is 2.37. The summed E-state index contributed by atoms with van der Waals surface area (Å²) in [4.78, 5) is 33.5. The number of carbonyl (C=O) groups is 1. The standard InChI is InChI=1S/C24H25ClN4O5S/c1-15-4-6-18(25)22-21(15)26-24(35-22)28(14-17-3-2-10-34-17)23(30)16-5-7-19(20(13-16)29(31)32)27-8-11-33-12-9-27/h4-7,13,17H,2-3,8-12,14H2,1H3. The number of halogens is 1. The van der Waals surface area contributed by atoms with Gasteiger partial charge in [0.25, 0.3) is 11.6 Å². The first-order valence-corrected chi connectivity index (χ1v) is 12.7. The fourth-order valence-corrected chi connectivity index (χ4v) is 5.80. The second-order valence-electron chi connectivity index (χ2n) is 8.65. The lowest BCUT2D eigenvalue weighted by Crippen LogP contribution is -2.38. The third-order valence-corrected chi connectivity index (χ3v) is 7.88. The van der Waals surface area contributed by atoms with Crippen LogP contribution in [0.2, 0.25) is 5.02 Å². The van der Waals surface area contributed by atoms with Gasteiger partial charge in [0.05, 0.1) is 46.0 Å². The lowest BCUT2D eigenvalue weighted by atomic mass is 10.1. The molecule has 3 aromatic rings. The number of anilines is 2. The van der Waals surface area contributed by atoms with Gasteiger partial charge < -0.3 is 14.4 Å². The number of fused-ring (bicyclic) bond motifs is 1. The highest BCUT2D eigenvalue weighted by molar-refractivity contribution is 7.23. The largest absolute Gasteiger partial charge is 0.378 e. The minimum absolute atomic E-state index is 0.0991. The molecular formula is C24H25ClN4O5S. The van der Waals surface area contributed by atoms with E-state index >= 15 is 0 Å². The van der Waals surface area contributed by atoms with Crippen molar-refractivity contribution >= 4 is 55.6 Å². The molecule has 35 heavy (non-hydrogen) atoms. The van der Waals surface area contributed by atoms with Crippen molar-refractivity contribution < 1.29 is 19.2 Å². The van der Waals surface area contributed by atoms with Crippen LogP contribution in [0.5, 0.6) is 0 Å². The van der Waals surface area contributed by atoms with E-state index in [1.165, 1.54) is 17.4 Å². The molecule has 0 spiro atoms. The summed E-state index contributed by atoms with van der Waals surface area (Å²) in [6.07, 6.45) is 1.65. The molecule has 2 saturated heterocycles. The minimum atomic E-state index is -0.438. The molecule has 2 aromatic carbocycles. The van der Waals surface area contributed by atoms with Gasteiger partial charge in [-0.15, -0.1) is 0 Å². The molecule has 0 radical (unpaired) electrons. The van der Waals surface area contributed by atoms with Crippen LogP contribution in [0.25, 0.3) is 10.2 Å². The molecule has 1 atom stereocenters. The van der Waals surface area contributed by atoms with Crippen LogP contribution in [-0.2, 0) is 9.47 Å². The molecule has 1 amide bonds. The summed E-state index contributed by atoms with van der Waals surface area (Å²) in [7, 11) is 0. The van der Waals surface area contributed by atoms with Crippen LogP contribution in [0.3, 0.4) is 0 Å². The zero-order valence-corrected chi connectivity index (χ0v) is 20.8. The number of hydrogen-bond acceptors (Lipinski definition) is 8. The quantitative estimate of drug-likeness (QED) is 0.342. The third-order valence-electron chi connectivity index (χ3n) is 6.34. The van der Waals surface area contributed by atoms with Gasteiger partial charge in [-0.05, 0) is 43.5 Å². The first kappa shape index (κ1) is 23.9. The van der Waals surface area contributed by atoms with E-state index in [1.807, 2.05) is 24.0 Å². The Hall–Kier alpha value is -2.79. The number of hydrogen-bond donors (Lipinski definition) is 0. The Morgan fingerprint density at radius 3 is 2.77 bits per heavy atom. The van der Waals surface area contributed by atoms with Crippen LogP contribution < -0.4 is 9.80 Å². The van der Waals surface area contributed by atoms with Crippen LogP contribution in [0.15, 0.2) is 30.3 Å². The summed E-state index contributed by atoms with van der Waals surface area (Å²) in [5, 5.41) is 13.0. The van der Waals surface area contributed by atoms with E-state index in [0.29, 0.717) is 55.3 Å². The van der Waals surface area contributed by atoms with E-state index in [2.05, 4.69) is 0 Å². The Balaban J connectivity index is 1.53. The predicted octanol–water partition coefficient (Wildman–Crippen LogP) is 4.83. The second kappa shape index (κ2) is 10.1. The smallest absolute Gasteiger partial charge is 0.293 e. The number of rotatable bonds is 6. The molecule has 0 saturated carbocycles. The number of benzene rings is 2. The number of aryl methyl sites for hydroxylation is 1. The van der Waals surface area contributed by atoms with Crippen LogP contribution in [0, 0.1) is 17.0 Å². The SMILES string of the molecule is Cc1ccc(Cl)c2sc(N(CC3CCCO3)C(=O)c3ccc(N4CCOCC4)c([N+](=O)[O-])c3)nc12. The van der Waals surface area contributed by atoms with Crippen molar-refractivity contribution in [3.05, 3.63) is 56.6 Å². The van der Waals surface area contributed by atoms with Crippen molar-refractivity contribution in [2.24, 2.45) is 0 Å². The summed E-state index contributed by atoms with van der Waals surface area (Å²) in [6, 6.07) is 8.38. The average Bonchev–Trinajstić information content (AvgIpc) is 3.55. The topological polar surface area (TPSA) is 98.0 Å². The Morgan fingerprint density at radius 2 is 2.09 bits per heavy atom. The number of amides is 1. The Morgan fingerprint density at radius 1 is 1.29 bits per heavy atom. The van der Waals surface area contributed by atoms with Gasteiger partial charge in [0, 0.05) is 31.3 Å². The second-order valence-corrected chi connectivity index (χ2v) is 10.0. The Bertz CT molecular complexity index is 1230. The van der Waals surface area contributed by atoms with Gasteiger partial charge in [0.1, 0.15) is 5.69 Å². The molecular weight excluding hydrogens is 492 g/mol. The summed E-state index contributed by atoms with van der Waals surface area (Å²) in [6.45, 7) is 5.04. The lowest BCUT2D eigenvalue weighted by Gasteiger charge is -2.28. The predicted molar refractivity (Wildman–Crippen MR) is 136 cm³/mol. The highest BCUT2D eigenvalue weighted by atomic mass is 35.5. The molecule has 0 N–H and O–H groups in total. The van der Waals surface area contributed by atoms with Crippen LogP contribution in [-0.4, -0.2) is 61.4 Å². The van der Waals surface area contributed by atoms with E-state index in [-0.39, 0.29) is 23.3 Å². The number of morpholine rings is 1. The van der Waals surface area contributed by atoms with Gasteiger partial charge in [0.15, 0.2) is 5.13 Å². The summed E-state index contributed by atoms with van der Waals surface area (Å²) >= 11 is 7.75. The molecule has 1 aromatic heterocycles.